The summed E-state index contributed by atoms with van der Waals surface area (Å²) in [5, 5.41) is 3.40. The van der Waals surface area contributed by atoms with Crippen molar-refractivity contribution in [2.75, 3.05) is 6.54 Å². The van der Waals surface area contributed by atoms with Gasteiger partial charge in [0.25, 0.3) is 0 Å². The highest BCUT2D eigenvalue weighted by atomic mass is 16.5. The largest absolute Gasteiger partial charge is 0.439 e. The van der Waals surface area contributed by atoms with E-state index >= 15 is 0 Å². The lowest BCUT2D eigenvalue weighted by atomic mass is 10.1. The number of ether oxygens (including phenoxy) is 1. The molecule has 0 saturated heterocycles. The van der Waals surface area contributed by atoms with Crippen LogP contribution in [-0.2, 0) is 6.54 Å². The summed E-state index contributed by atoms with van der Waals surface area (Å²) in [6.45, 7) is 10.2. The molecule has 1 heterocycles. The maximum absolute atomic E-state index is 5.90. The molecule has 0 fully saturated rings. The zero-order valence-electron chi connectivity index (χ0n) is 13.4. The monoisotopic (exact) mass is 284 g/mol. The van der Waals surface area contributed by atoms with Crippen LogP contribution < -0.4 is 10.1 Å². The van der Waals surface area contributed by atoms with Gasteiger partial charge in [0, 0.05) is 18.3 Å². The van der Waals surface area contributed by atoms with Crippen molar-refractivity contribution in [2.45, 2.75) is 40.7 Å². The van der Waals surface area contributed by atoms with Crippen molar-refractivity contribution in [3.8, 4) is 11.6 Å². The molecule has 0 radical (unpaired) electrons. The van der Waals surface area contributed by atoms with Gasteiger partial charge in [0.1, 0.15) is 5.75 Å². The molecule has 0 saturated carbocycles. The van der Waals surface area contributed by atoms with E-state index < -0.39 is 0 Å². The lowest BCUT2D eigenvalue weighted by Crippen LogP contribution is -2.14. The van der Waals surface area contributed by atoms with E-state index in [1.165, 1.54) is 16.7 Å². The Hall–Kier alpha value is -1.87. The van der Waals surface area contributed by atoms with E-state index in [4.69, 9.17) is 4.74 Å². The Kier molecular flexibility index (Phi) is 5.34. The molecule has 2 aromatic rings. The number of hydrogen-bond acceptors (Lipinski definition) is 3. The minimum Gasteiger partial charge on any atom is -0.439 e. The fraction of sp³-hybridized carbons (Fsp3) is 0.389. The van der Waals surface area contributed by atoms with Crippen molar-refractivity contribution >= 4 is 0 Å². The molecule has 0 atom stereocenters. The van der Waals surface area contributed by atoms with Gasteiger partial charge in [0.15, 0.2) is 0 Å². The van der Waals surface area contributed by atoms with Gasteiger partial charge in [-0.2, -0.15) is 0 Å². The van der Waals surface area contributed by atoms with Crippen LogP contribution in [0.15, 0.2) is 30.3 Å². The lowest BCUT2D eigenvalue weighted by Gasteiger charge is -2.10. The lowest BCUT2D eigenvalue weighted by molar-refractivity contribution is 0.460. The summed E-state index contributed by atoms with van der Waals surface area (Å²) < 4.78 is 5.90. The number of nitrogens with zero attached hydrogens (tertiary/aromatic N) is 1. The SMILES string of the molecule is CCCNCc1cc(C)nc(Oc2ccc(C)c(C)c2)c1. The molecule has 0 aliphatic rings. The van der Waals surface area contributed by atoms with E-state index in [1.807, 2.05) is 25.1 Å². The maximum Gasteiger partial charge on any atom is 0.219 e. The third-order valence-corrected chi connectivity index (χ3v) is 3.45. The minimum atomic E-state index is 0.659. The third-order valence-electron chi connectivity index (χ3n) is 3.45. The van der Waals surface area contributed by atoms with Gasteiger partial charge in [0.2, 0.25) is 5.88 Å². The molecule has 3 nitrogen and oxygen atoms in total. The van der Waals surface area contributed by atoms with Crippen molar-refractivity contribution < 1.29 is 4.74 Å². The summed E-state index contributed by atoms with van der Waals surface area (Å²) in [6, 6.07) is 10.2. The van der Waals surface area contributed by atoms with Gasteiger partial charge in [-0.3, -0.25) is 0 Å². The number of aryl methyl sites for hydroxylation is 3. The van der Waals surface area contributed by atoms with Gasteiger partial charge >= 0.3 is 0 Å². The second-order valence-electron chi connectivity index (χ2n) is 5.48. The molecule has 1 N–H and O–H groups in total. The molecule has 1 aromatic carbocycles. The van der Waals surface area contributed by atoms with Gasteiger partial charge in [-0.05, 0) is 68.6 Å². The van der Waals surface area contributed by atoms with Crippen LogP contribution in [0, 0.1) is 20.8 Å². The molecule has 0 unspecified atom stereocenters. The van der Waals surface area contributed by atoms with Gasteiger partial charge in [0.05, 0.1) is 0 Å². The van der Waals surface area contributed by atoms with Gasteiger partial charge < -0.3 is 10.1 Å². The van der Waals surface area contributed by atoms with E-state index in [0.29, 0.717) is 5.88 Å². The molecule has 3 heteroatoms. The summed E-state index contributed by atoms with van der Waals surface area (Å²) in [5.74, 6) is 1.50. The number of aromatic nitrogens is 1. The highest BCUT2D eigenvalue weighted by Gasteiger charge is 2.04. The molecule has 0 amide bonds. The predicted molar refractivity (Wildman–Crippen MR) is 87.0 cm³/mol. The molecular formula is C18H24N2O. The number of benzene rings is 1. The fourth-order valence-corrected chi connectivity index (χ4v) is 2.17. The predicted octanol–water partition coefficient (Wildman–Crippen LogP) is 4.30. The van der Waals surface area contributed by atoms with Gasteiger partial charge in [-0.1, -0.05) is 13.0 Å². The maximum atomic E-state index is 5.90. The Morgan fingerprint density at radius 3 is 2.57 bits per heavy atom. The average Bonchev–Trinajstić information content (AvgIpc) is 2.43. The molecular weight excluding hydrogens is 260 g/mol. The van der Waals surface area contributed by atoms with Crippen LogP contribution in [-0.4, -0.2) is 11.5 Å². The van der Waals surface area contributed by atoms with Crippen LogP contribution >= 0.6 is 0 Å². The summed E-state index contributed by atoms with van der Waals surface area (Å²) >= 11 is 0. The van der Waals surface area contributed by atoms with E-state index in [1.54, 1.807) is 0 Å². The normalized spacial score (nSPS) is 10.7. The quantitative estimate of drug-likeness (QED) is 0.803. The second-order valence-corrected chi connectivity index (χ2v) is 5.48. The van der Waals surface area contributed by atoms with Crippen molar-refractivity contribution in [3.63, 3.8) is 0 Å². The topological polar surface area (TPSA) is 34.2 Å². The first-order valence-electron chi connectivity index (χ1n) is 7.52. The van der Waals surface area contributed by atoms with Crippen molar-refractivity contribution in [3.05, 3.63) is 52.7 Å². The molecule has 0 spiro atoms. The molecule has 0 bridgehead atoms. The highest BCUT2D eigenvalue weighted by Crippen LogP contribution is 2.23. The zero-order valence-corrected chi connectivity index (χ0v) is 13.4. The number of hydrogen-bond donors (Lipinski definition) is 1. The third kappa shape index (κ3) is 4.57. The van der Waals surface area contributed by atoms with Crippen LogP contribution in [0.4, 0.5) is 0 Å². The Morgan fingerprint density at radius 1 is 1.05 bits per heavy atom. The van der Waals surface area contributed by atoms with E-state index in [9.17, 15) is 0 Å². The first-order valence-corrected chi connectivity index (χ1v) is 7.52. The summed E-state index contributed by atoms with van der Waals surface area (Å²) in [7, 11) is 0. The minimum absolute atomic E-state index is 0.659. The standard InChI is InChI=1S/C18H24N2O/c1-5-8-19-12-16-10-15(4)20-18(11-16)21-17-7-6-13(2)14(3)9-17/h6-7,9-11,19H,5,8,12H2,1-4H3. The summed E-state index contributed by atoms with van der Waals surface area (Å²) in [5.41, 5.74) is 4.67. The van der Waals surface area contributed by atoms with E-state index in [-0.39, 0.29) is 0 Å². The Bertz CT molecular complexity index is 608. The molecule has 112 valence electrons. The smallest absolute Gasteiger partial charge is 0.219 e. The average molecular weight is 284 g/mol. The number of rotatable bonds is 6. The van der Waals surface area contributed by atoms with Gasteiger partial charge in [-0.25, -0.2) is 4.98 Å². The van der Waals surface area contributed by atoms with E-state index in [0.717, 1.165) is 31.0 Å². The Labute approximate surface area is 127 Å². The summed E-state index contributed by atoms with van der Waals surface area (Å²) in [4.78, 5) is 4.46. The van der Waals surface area contributed by atoms with Crippen LogP contribution in [0.25, 0.3) is 0 Å². The van der Waals surface area contributed by atoms with Crippen LogP contribution in [0.3, 0.4) is 0 Å². The van der Waals surface area contributed by atoms with E-state index in [2.05, 4.69) is 43.2 Å². The first kappa shape index (κ1) is 15.5. The zero-order chi connectivity index (χ0) is 15.2. The Balaban J connectivity index is 2.13. The van der Waals surface area contributed by atoms with Crippen LogP contribution in [0.2, 0.25) is 0 Å². The van der Waals surface area contributed by atoms with Crippen LogP contribution in [0.1, 0.15) is 35.7 Å². The molecule has 1 aromatic heterocycles. The summed E-state index contributed by atoms with van der Waals surface area (Å²) in [6.07, 6.45) is 1.13. The number of pyridine rings is 1. The second kappa shape index (κ2) is 7.23. The number of nitrogens with one attached hydrogen (secondary N) is 1. The van der Waals surface area contributed by atoms with Crippen molar-refractivity contribution in [1.82, 2.24) is 10.3 Å². The molecule has 21 heavy (non-hydrogen) atoms. The van der Waals surface area contributed by atoms with Crippen molar-refractivity contribution in [2.24, 2.45) is 0 Å². The highest BCUT2D eigenvalue weighted by molar-refractivity contribution is 5.36. The first-order chi connectivity index (χ1) is 10.1. The van der Waals surface area contributed by atoms with Crippen LogP contribution in [0.5, 0.6) is 11.6 Å². The molecule has 0 aliphatic carbocycles. The molecule has 2 rings (SSSR count). The molecule has 0 aliphatic heterocycles. The van der Waals surface area contributed by atoms with Gasteiger partial charge in [-0.15, -0.1) is 0 Å². The fourth-order valence-electron chi connectivity index (χ4n) is 2.17. The Morgan fingerprint density at radius 2 is 1.86 bits per heavy atom. The van der Waals surface area contributed by atoms with Crippen molar-refractivity contribution in [1.29, 1.82) is 0 Å².